The SMILES string of the molecule is Cc1ccc(C(=O)CCC(=O)N(C)C2CCCCCC2)cc1. The number of hydrogen-bond acceptors (Lipinski definition) is 2. The summed E-state index contributed by atoms with van der Waals surface area (Å²) >= 11 is 0. The first-order chi connectivity index (χ1) is 10.6. The lowest BCUT2D eigenvalue weighted by Crippen LogP contribution is -2.36. The molecule has 1 amide bonds. The Labute approximate surface area is 133 Å². The molecule has 0 bridgehead atoms. The van der Waals surface area contributed by atoms with Crippen molar-refractivity contribution >= 4 is 11.7 Å². The third-order valence-corrected chi connectivity index (χ3v) is 4.71. The molecule has 120 valence electrons. The van der Waals surface area contributed by atoms with E-state index in [-0.39, 0.29) is 11.7 Å². The minimum atomic E-state index is 0.0580. The molecule has 0 radical (unpaired) electrons. The smallest absolute Gasteiger partial charge is 0.223 e. The molecule has 1 aliphatic rings. The van der Waals surface area contributed by atoms with Gasteiger partial charge < -0.3 is 4.90 Å². The molecule has 3 heteroatoms. The van der Waals surface area contributed by atoms with E-state index in [9.17, 15) is 9.59 Å². The highest BCUT2D eigenvalue weighted by Gasteiger charge is 2.21. The van der Waals surface area contributed by atoms with Gasteiger partial charge in [0.2, 0.25) is 5.91 Å². The predicted molar refractivity (Wildman–Crippen MR) is 89.0 cm³/mol. The fraction of sp³-hybridized carbons (Fsp3) is 0.579. The van der Waals surface area contributed by atoms with Crippen molar-refractivity contribution < 1.29 is 9.59 Å². The van der Waals surface area contributed by atoms with E-state index < -0.39 is 0 Å². The minimum absolute atomic E-state index is 0.0580. The van der Waals surface area contributed by atoms with Crippen LogP contribution in [0.3, 0.4) is 0 Å². The van der Waals surface area contributed by atoms with E-state index in [0.29, 0.717) is 24.4 Å². The second-order valence-corrected chi connectivity index (χ2v) is 6.44. The number of hydrogen-bond donors (Lipinski definition) is 0. The van der Waals surface area contributed by atoms with Crippen molar-refractivity contribution in [3.8, 4) is 0 Å². The summed E-state index contributed by atoms with van der Waals surface area (Å²) in [5, 5.41) is 0. The number of aryl methyl sites for hydroxylation is 1. The van der Waals surface area contributed by atoms with Crippen LogP contribution in [0.1, 0.15) is 67.3 Å². The molecule has 1 aromatic carbocycles. The van der Waals surface area contributed by atoms with E-state index in [1.54, 1.807) is 0 Å². The van der Waals surface area contributed by atoms with Crippen molar-refractivity contribution in [2.75, 3.05) is 7.05 Å². The third-order valence-electron chi connectivity index (χ3n) is 4.71. The van der Waals surface area contributed by atoms with Gasteiger partial charge in [0.15, 0.2) is 5.78 Å². The molecule has 0 N–H and O–H groups in total. The molecule has 0 atom stereocenters. The lowest BCUT2D eigenvalue weighted by Gasteiger charge is -2.27. The molecular formula is C19H27NO2. The molecule has 3 nitrogen and oxygen atoms in total. The third kappa shape index (κ3) is 4.69. The van der Waals surface area contributed by atoms with Gasteiger partial charge >= 0.3 is 0 Å². The average Bonchev–Trinajstić information content (AvgIpc) is 2.81. The second-order valence-electron chi connectivity index (χ2n) is 6.44. The van der Waals surface area contributed by atoms with Gasteiger partial charge in [0.25, 0.3) is 0 Å². The maximum atomic E-state index is 12.3. The summed E-state index contributed by atoms with van der Waals surface area (Å²) in [4.78, 5) is 26.3. The molecule has 0 saturated heterocycles. The quantitative estimate of drug-likeness (QED) is 0.605. The minimum Gasteiger partial charge on any atom is -0.343 e. The van der Waals surface area contributed by atoms with Crippen molar-refractivity contribution in [2.24, 2.45) is 0 Å². The highest BCUT2D eigenvalue weighted by Crippen LogP contribution is 2.21. The predicted octanol–water partition coefficient (Wildman–Crippen LogP) is 4.14. The highest BCUT2D eigenvalue weighted by molar-refractivity contribution is 5.97. The molecule has 0 heterocycles. The maximum Gasteiger partial charge on any atom is 0.223 e. The lowest BCUT2D eigenvalue weighted by molar-refractivity contribution is -0.132. The van der Waals surface area contributed by atoms with Gasteiger partial charge in [0, 0.05) is 31.5 Å². The number of benzene rings is 1. The first-order valence-electron chi connectivity index (χ1n) is 8.43. The zero-order chi connectivity index (χ0) is 15.9. The van der Waals surface area contributed by atoms with Crippen molar-refractivity contribution in [3.63, 3.8) is 0 Å². The summed E-state index contributed by atoms with van der Waals surface area (Å²) in [6, 6.07) is 7.93. The zero-order valence-corrected chi connectivity index (χ0v) is 13.8. The highest BCUT2D eigenvalue weighted by atomic mass is 16.2. The Balaban J connectivity index is 1.83. The van der Waals surface area contributed by atoms with Crippen LogP contribution in [0.4, 0.5) is 0 Å². The van der Waals surface area contributed by atoms with Gasteiger partial charge in [-0.15, -0.1) is 0 Å². The Morgan fingerprint density at radius 2 is 1.59 bits per heavy atom. The van der Waals surface area contributed by atoms with Gasteiger partial charge in [-0.1, -0.05) is 55.5 Å². The maximum absolute atomic E-state index is 12.3. The van der Waals surface area contributed by atoms with E-state index in [1.165, 1.54) is 25.7 Å². The Kier molecular flexibility index (Phi) is 6.17. The lowest BCUT2D eigenvalue weighted by atomic mass is 10.0. The summed E-state index contributed by atoms with van der Waals surface area (Å²) in [5.41, 5.74) is 1.84. The number of nitrogens with zero attached hydrogens (tertiary/aromatic N) is 1. The average molecular weight is 301 g/mol. The van der Waals surface area contributed by atoms with Crippen molar-refractivity contribution in [2.45, 2.75) is 64.3 Å². The Bertz CT molecular complexity index is 499. The van der Waals surface area contributed by atoms with Crippen LogP contribution in [-0.2, 0) is 4.79 Å². The number of Topliss-reactive ketones (excluding diaryl/α,β-unsaturated/α-hetero) is 1. The van der Waals surface area contributed by atoms with Crippen LogP contribution in [-0.4, -0.2) is 29.7 Å². The molecule has 1 aromatic rings. The van der Waals surface area contributed by atoms with Crippen LogP contribution in [0.25, 0.3) is 0 Å². The van der Waals surface area contributed by atoms with Crippen LogP contribution in [0.15, 0.2) is 24.3 Å². The largest absolute Gasteiger partial charge is 0.343 e. The molecule has 1 fully saturated rings. The van der Waals surface area contributed by atoms with Gasteiger partial charge in [-0.2, -0.15) is 0 Å². The molecule has 2 rings (SSSR count). The van der Waals surface area contributed by atoms with E-state index in [0.717, 1.165) is 18.4 Å². The van der Waals surface area contributed by atoms with Crippen LogP contribution >= 0.6 is 0 Å². The van der Waals surface area contributed by atoms with Crippen LogP contribution < -0.4 is 0 Å². The zero-order valence-electron chi connectivity index (χ0n) is 13.8. The Morgan fingerprint density at radius 1 is 1.00 bits per heavy atom. The Morgan fingerprint density at radius 3 is 2.18 bits per heavy atom. The molecule has 0 spiro atoms. The van der Waals surface area contributed by atoms with Gasteiger partial charge in [0.05, 0.1) is 0 Å². The summed E-state index contributed by atoms with van der Waals surface area (Å²) in [6.45, 7) is 2.00. The molecular weight excluding hydrogens is 274 g/mol. The van der Waals surface area contributed by atoms with Gasteiger partial charge in [-0.25, -0.2) is 0 Å². The number of carbonyl (C=O) groups is 2. The second kappa shape index (κ2) is 8.11. The number of carbonyl (C=O) groups excluding carboxylic acids is 2. The summed E-state index contributed by atoms with van der Waals surface area (Å²) < 4.78 is 0. The van der Waals surface area contributed by atoms with Gasteiger partial charge in [0.1, 0.15) is 0 Å². The molecule has 1 aliphatic carbocycles. The normalized spacial score (nSPS) is 16.1. The van der Waals surface area contributed by atoms with Crippen LogP contribution in [0.2, 0.25) is 0 Å². The number of rotatable bonds is 5. The first kappa shape index (κ1) is 16.7. The van der Waals surface area contributed by atoms with Crippen LogP contribution in [0, 0.1) is 6.92 Å². The molecule has 0 aromatic heterocycles. The van der Waals surface area contributed by atoms with E-state index in [4.69, 9.17) is 0 Å². The summed E-state index contributed by atoms with van der Waals surface area (Å²) in [5.74, 6) is 0.162. The first-order valence-corrected chi connectivity index (χ1v) is 8.43. The topological polar surface area (TPSA) is 37.4 Å². The van der Waals surface area contributed by atoms with Crippen molar-refractivity contribution in [1.82, 2.24) is 4.90 Å². The number of ketones is 1. The van der Waals surface area contributed by atoms with E-state index in [1.807, 2.05) is 43.1 Å². The molecule has 0 unspecified atom stereocenters. The van der Waals surface area contributed by atoms with Crippen LogP contribution in [0.5, 0.6) is 0 Å². The summed E-state index contributed by atoms with van der Waals surface area (Å²) in [6.07, 6.45) is 7.82. The van der Waals surface area contributed by atoms with Gasteiger partial charge in [-0.3, -0.25) is 9.59 Å². The van der Waals surface area contributed by atoms with Crippen molar-refractivity contribution in [3.05, 3.63) is 35.4 Å². The Hall–Kier alpha value is -1.64. The fourth-order valence-corrected chi connectivity index (χ4v) is 3.13. The molecule has 0 aliphatic heterocycles. The molecule has 1 saturated carbocycles. The standard InChI is InChI=1S/C19H27NO2/c1-15-9-11-16(12-10-15)18(21)13-14-19(22)20(2)17-7-5-3-4-6-8-17/h9-12,17H,3-8,13-14H2,1-2H3. The monoisotopic (exact) mass is 301 g/mol. The van der Waals surface area contributed by atoms with E-state index >= 15 is 0 Å². The summed E-state index contributed by atoms with van der Waals surface area (Å²) in [7, 11) is 1.90. The fourth-order valence-electron chi connectivity index (χ4n) is 3.13. The van der Waals surface area contributed by atoms with Gasteiger partial charge in [-0.05, 0) is 19.8 Å². The number of amides is 1. The van der Waals surface area contributed by atoms with Crippen molar-refractivity contribution in [1.29, 1.82) is 0 Å². The molecule has 22 heavy (non-hydrogen) atoms. The van der Waals surface area contributed by atoms with E-state index in [2.05, 4.69) is 0 Å².